The molecule has 6 nitrogen and oxygen atoms in total. The first-order chi connectivity index (χ1) is 12.5. The van der Waals surface area contributed by atoms with E-state index >= 15 is 0 Å². The van der Waals surface area contributed by atoms with E-state index in [2.05, 4.69) is 21.3 Å². The number of nitrogens with one attached hydrogen (secondary N) is 1. The molecule has 26 heavy (non-hydrogen) atoms. The third-order valence-corrected chi connectivity index (χ3v) is 4.86. The van der Waals surface area contributed by atoms with Crippen molar-refractivity contribution < 1.29 is 4.74 Å². The maximum atomic E-state index is 9.73. The number of benzene rings is 1. The minimum Gasteiger partial charge on any atom is -0.420 e. The van der Waals surface area contributed by atoms with Gasteiger partial charge < -0.3 is 10.5 Å². The molecule has 1 unspecified atom stereocenters. The first kappa shape index (κ1) is 16.4. The van der Waals surface area contributed by atoms with Crippen molar-refractivity contribution in [1.29, 1.82) is 5.26 Å². The molecule has 0 bridgehead atoms. The second-order valence-corrected chi connectivity index (χ2v) is 6.85. The van der Waals surface area contributed by atoms with E-state index in [-0.39, 0.29) is 11.8 Å². The van der Waals surface area contributed by atoms with Crippen LogP contribution >= 0.6 is 11.6 Å². The number of fused-ring (bicyclic) bond motifs is 2. The van der Waals surface area contributed by atoms with Gasteiger partial charge in [0.15, 0.2) is 0 Å². The highest BCUT2D eigenvalue weighted by molar-refractivity contribution is 6.30. The van der Waals surface area contributed by atoms with Crippen LogP contribution in [0.1, 0.15) is 42.5 Å². The quantitative estimate of drug-likeness (QED) is 0.669. The van der Waals surface area contributed by atoms with E-state index in [0.29, 0.717) is 22.2 Å². The van der Waals surface area contributed by atoms with Gasteiger partial charge in [-0.05, 0) is 18.1 Å². The number of pyridine rings is 1. The Kier molecular flexibility index (Phi) is 3.82. The highest BCUT2D eigenvalue weighted by Crippen LogP contribution is 2.46. The monoisotopic (exact) mass is 365 g/mol. The molecule has 0 fully saturated rings. The molecule has 1 aliphatic heterocycles. The predicted octanol–water partition coefficient (Wildman–Crippen LogP) is 3.95. The van der Waals surface area contributed by atoms with Crippen LogP contribution in [-0.4, -0.2) is 15.2 Å². The standard InChI is InChI=1S/C19H16ClN5O/c1-9(2)16-15-14(12(8-21)18(22)26-19(15)25-24-16)11-7-10-5-3-4-6-13(10)23-17(11)20/h3-7,9,14H,22H2,1-2H3,(H,24,25). The molecule has 3 heterocycles. The number of halogens is 1. The van der Waals surface area contributed by atoms with E-state index in [9.17, 15) is 5.26 Å². The summed E-state index contributed by atoms with van der Waals surface area (Å²) >= 11 is 6.52. The summed E-state index contributed by atoms with van der Waals surface area (Å²) in [5.41, 5.74) is 9.47. The average molecular weight is 366 g/mol. The molecule has 7 heteroatoms. The number of hydrogen-bond acceptors (Lipinski definition) is 5. The molecular weight excluding hydrogens is 350 g/mol. The number of para-hydroxylation sites is 1. The Labute approximate surface area is 155 Å². The van der Waals surface area contributed by atoms with Gasteiger partial charge >= 0.3 is 0 Å². The number of allylic oxidation sites excluding steroid dienone is 1. The fourth-order valence-electron chi connectivity index (χ4n) is 3.33. The number of rotatable bonds is 2. The fraction of sp³-hybridized carbons (Fsp3) is 0.211. The van der Waals surface area contributed by atoms with E-state index in [4.69, 9.17) is 22.1 Å². The third kappa shape index (κ3) is 2.40. The summed E-state index contributed by atoms with van der Waals surface area (Å²) in [6.07, 6.45) is 0. The van der Waals surface area contributed by atoms with Crippen molar-refractivity contribution in [1.82, 2.24) is 15.2 Å². The summed E-state index contributed by atoms with van der Waals surface area (Å²) in [6.45, 7) is 4.08. The number of nitrogens with zero attached hydrogens (tertiary/aromatic N) is 3. The molecule has 0 saturated carbocycles. The number of nitrogens with two attached hydrogens (primary N) is 1. The van der Waals surface area contributed by atoms with Gasteiger partial charge in [-0.1, -0.05) is 43.6 Å². The minimum atomic E-state index is -0.482. The fourth-order valence-corrected chi connectivity index (χ4v) is 3.59. The number of aromatic nitrogens is 3. The van der Waals surface area contributed by atoms with Gasteiger partial charge in [0, 0.05) is 16.6 Å². The smallest absolute Gasteiger partial charge is 0.244 e. The van der Waals surface area contributed by atoms with Crippen molar-refractivity contribution in [3.8, 4) is 11.9 Å². The second-order valence-electron chi connectivity index (χ2n) is 6.50. The van der Waals surface area contributed by atoms with Gasteiger partial charge in [-0.25, -0.2) is 4.98 Å². The predicted molar refractivity (Wildman–Crippen MR) is 98.7 cm³/mol. The lowest BCUT2D eigenvalue weighted by atomic mass is 9.82. The molecule has 0 aliphatic carbocycles. The van der Waals surface area contributed by atoms with Gasteiger partial charge in [-0.15, -0.1) is 5.10 Å². The van der Waals surface area contributed by atoms with E-state index in [1.165, 1.54) is 0 Å². The lowest BCUT2D eigenvalue weighted by Crippen LogP contribution is -2.22. The SMILES string of the molecule is CC(C)c1[nH]nc2c1C(c1cc3ccccc3nc1Cl)C(C#N)=C(N)O2. The van der Waals surface area contributed by atoms with E-state index < -0.39 is 5.92 Å². The summed E-state index contributed by atoms with van der Waals surface area (Å²) in [5.74, 6) is 0.0868. The van der Waals surface area contributed by atoms with Crippen molar-refractivity contribution in [2.45, 2.75) is 25.7 Å². The normalized spacial score (nSPS) is 16.5. The Hall–Kier alpha value is -3.04. The highest BCUT2D eigenvalue weighted by atomic mass is 35.5. The molecule has 1 atom stereocenters. The Morgan fingerprint density at radius 2 is 2.12 bits per heavy atom. The van der Waals surface area contributed by atoms with Gasteiger partial charge in [-0.2, -0.15) is 5.26 Å². The minimum absolute atomic E-state index is 0.0380. The Bertz CT molecular complexity index is 1090. The van der Waals surface area contributed by atoms with E-state index in [1.807, 2.05) is 44.2 Å². The molecule has 1 aromatic carbocycles. The Morgan fingerprint density at radius 3 is 2.85 bits per heavy atom. The van der Waals surface area contributed by atoms with Crippen LogP contribution in [0.15, 0.2) is 41.8 Å². The van der Waals surface area contributed by atoms with Crippen molar-refractivity contribution in [3.63, 3.8) is 0 Å². The second kappa shape index (κ2) is 6.04. The van der Waals surface area contributed by atoms with Crippen molar-refractivity contribution in [3.05, 3.63) is 63.8 Å². The number of aromatic amines is 1. The number of hydrogen-bond donors (Lipinski definition) is 2. The number of ether oxygens (including phenoxy) is 1. The molecule has 130 valence electrons. The molecule has 0 radical (unpaired) electrons. The zero-order chi connectivity index (χ0) is 18.4. The molecule has 3 N–H and O–H groups in total. The molecule has 0 amide bonds. The van der Waals surface area contributed by atoms with E-state index in [0.717, 1.165) is 22.2 Å². The van der Waals surface area contributed by atoms with Gasteiger partial charge in [0.05, 0.1) is 17.0 Å². The average Bonchev–Trinajstić information content (AvgIpc) is 3.03. The molecule has 2 aromatic heterocycles. The zero-order valence-corrected chi connectivity index (χ0v) is 15.0. The Balaban J connectivity index is 2.02. The summed E-state index contributed by atoms with van der Waals surface area (Å²) < 4.78 is 5.57. The first-order valence-corrected chi connectivity index (χ1v) is 8.60. The van der Waals surface area contributed by atoms with Crippen LogP contribution in [0.3, 0.4) is 0 Å². The summed E-state index contributed by atoms with van der Waals surface area (Å²) in [5, 5.41) is 18.2. The third-order valence-electron chi connectivity index (χ3n) is 4.56. The Morgan fingerprint density at radius 1 is 1.35 bits per heavy atom. The summed E-state index contributed by atoms with van der Waals surface area (Å²) in [6, 6.07) is 11.8. The van der Waals surface area contributed by atoms with Crippen LogP contribution in [0.2, 0.25) is 5.15 Å². The van der Waals surface area contributed by atoms with Crippen molar-refractivity contribution >= 4 is 22.5 Å². The zero-order valence-electron chi connectivity index (χ0n) is 14.2. The molecule has 0 saturated heterocycles. The lowest BCUT2D eigenvalue weighted by Gasteiger charge is -2.25. The van der Waals surface area contributed by atoms with Crippen LogP contribution in [0.25, 0.3) is 10.9 Å². The molecule has 3 aromatic rings. The number of H-pyrrole nitrogens is 1. The van der Waals surface area contributed by atoms with Crippen LogP contribution in [0.5, 0.6) is 5.88 Å². The van der Waals surface area contributed by atoms with Crippen LogP contribution in [0.4, 0.5) is 0 Å². The summed E-state index contributed by atoms with van der Waals surface area (Å²) in [7, 11) is 0. The van der Waals surface area contributed by atoms with Crippen LogP contribution < -0.4 is 10.5 Å². The molecular formula is C19H16ClN5O. The largest absolute Gasteiger partial charge is 0.420 e. The highest BCUT2D eigenvalue weighted by Gasteiger charge is 2.37. The van der Waals surface area contributed by atoms with Crippen LogP contribution in [0, 0.1) is 11.3 Å². The topological polar surface area (TPSA) is 101 Å². The molecule has 1 aliphatic rings. The van der Waals surface area contributed by atoms with Gasteiger partial charge in [0.2, 0.25) is 11.8 Å². The lowest BCUT2D eigenvalue weighted by molar-refractivity contribution is 0.378. The first-order valence-electron chi connectivity index (χ1n) is 8.22. The van der Waals surface area contributed by atoms with Gasteiger partial charge in [0.1, 0.15) is 16.8 Å². The van der Waals surface area contributed by atoms with Crippen molar-refractivity contribution in [2.24, 2.45) is 5.73 Å². The van der Waals surface area contributed by atoms with E-state index in [1.54, 1.807) is 0 Å². The maximum Gasteiger partial charge on any atom is 0.244 e. The summed E-state index contributed by atoms with van der Waals surface area (Å²) in [4.78, 5) is 4.50. The van der Waals surface area contributed by atoms with Gasteiger partial charge in [-0.3, -0.25) is 5.10 Å². The number of nitriles is 1. The van der Waals surface area contributed by atoms with Crippen molar-refractivity contribution in [2.75, 3.05) is 0 Å². The molecule has 0 spiro atoms. The van der Waals surface area contributed by atoms with Gasteiger partial charge in [0.25, 0.3) is 0 Å². The van der Waals surface area contributed by atoms with Crippen LogP contribution in [-0.2, 0) is 0 Å². The maximum absolute atomic E-state index is 9.73. The molecule has 4 rings (SSSR count).